The van der Waals surface area contributed by atoms with Crippen LogP contribution in [0.5, 0.6) is 11.5 Å². The first-order chi connectivity index (χ1) is 23.0. The van der Waals surface area contributed by atoms with Gasteiger partial charge < -0.3 is 23.7 Å². The molecule has 0 aliphatic carbocycles. The minimum atomic E-state index is -1.51. The highest BCUT2D eigenvalue weighted by Gasteiger charge is 2.38. The molecule has 0 N–H and O–H groups in total. The van der Waals surface area contributed by atoms with Crippen molar-refractivity contribution in [2.24, 2.45) is 0 Å². The molecule has 0 saturated heterocycles. The molecule has 0 fully saturated rings. The molecule has 0 radical (unpaired) electrons. The van der Waals surface area contributed by atoms with Crippen LogP contribution in [0.15, 0.2) is 11.1 Å². The summed E-state index contributed by atoms with van der Waals surface area (Å²) in [7, 11) is -2.99. The predicted molar refractivity (Wildman–Crippen MR) is 198 cm³/mol. The minimum absolute atomic E-state index is 0.155. The molecule has 0 spiro atoms. The van der Waals surface area contributed by atoms with E-state index >= 15 is 0 Å². The standard InChI is InChI=1S/C39H54O8Si2/c1-12-26-24(4)31-21-46-38(42)34(31)36(44-14-16-48(6,7)8)29(26)18-28(23(3)19-40)30(20-41)33-27(13-2)25(5)32-22-47-39(43)35(32)37(33)45-15-17-49(9,10)11/h19-20,30H,12-18,21-22H2,1-11H3. The molecule has 2 heterocycles. The third kappa shape index (κ3) is 7.96. The van der Waals surface area contributed by atoms with Gasteiger partial charge in [0.2, 0.25) is 0 Å². The van der Waals surface area contributed by atoms with Gasteiger partial charge in [0.15, 0.2) is 0 Å². The molecule has 49 heavy (non-hydrogen) atoms. The Balaban J connectivity index is 1.99. The Hall–Kier alpha value is -3.51. The molecular weight excluding hydrogens is 653 g/mol. The lowest BCUT2D eigenvalue weighted by Gasteiger charge is -2.28. The molecule has 0 aromatic heterocycles. The summed E-state index contributed by atoms with van der Waals surface area (Å²) in [6.07, 6.45) is 3.07. The molecule has 0 bridgehead atoms. The van der Waals surface area contributed by atoms with Crippen LogP contribution in [0.1, 0.15) is 91.9 Å². The van der Waals surface area contributed by atoms with Crippen molar-refractivity contribution in [2.75, 3.05) is 13.2 Å². The van der Waals surface area contributed by atoms with Crippen LogP contribution in [0.25, 0.3) is 0 Å². The van der Waals surface area contributed by atoms with Crippen molar-refractivity contribution in [1.82, 2.24) is 0 Å². The number of carbonyl (C=O) groups is 4. The van der Waals surface area contributed by atoms with Crippen LogP contribution < -0.4 is 9.47 Å². The third-order valence-electron chi connectivity index (χ3n) is 9.96. The fourth-order valence-electron chi connectivity index (χ4n) is 6.98. The van der Waals surface area contributed by atoms with E-state index in [0.717, 1.165) is 63.6 Å². The number of ether oxygens (including phenoxy) is 4. The maximum absolute atomic E-state index is 13.5. The normalized spacial score (nSPS) is 15.2. The number of benzene rings is 2. The average molecular weight is 707 g/mol. The molecule has 8 nitrogen and oxygen atoms in total. The minimum Gasteiger partial charge on any atom is -0.493 e. The van der Waals surface area contributed by atoms with Gasteiger partial charge in [-0.1, -0.05) is 53.1 Å². The van der Waals surface area contributed by atoms with Crippen molar-refractivity contribution in [3.05, 3.63) is 66.8 Å². The number of hydrogen-bond donors (Lipinski definition) is 0. The summed E-state index contributed by atoms with van der Waals surface area (Å²) >= 11 is 0. The van der Waals surface area contributed by atoms with Gasteiger partial charge in [0, 0.05) is 38.4 Å². The van der Waals surface area contributed by atoms with Gasteiger partial charge in [-0.05, 0) is 85.5 Å². The highest BCUT2D eigenvalue weighted by Crippen LogP contribution is 2.47. The van der Waals surface area contributed by atoms with Crippen LogP contribution in [-0.2, 0) is 51.5 Å². The predicted octanol–water partition coefficient (Wildman–Crippen LogP) is 8.24. The quantitative estimate of drug-likeness (QED) is 0.0744. The number of aldehydes is 2. The molecule has 2 aliphatic heterocycles. The highest BCUT2D eigenvalue weighted by molar-refractivity contribution is 6.76. The molecular formula is C39H54O8Si2. The molecule has 2 aliphatic rings. The Morgan fingerprint density at radius 2 is 1.22 bits per heavy atom. The maximum Gasteiger partial charge on any atom is 0.342 e. The van der Waals surface area contributed by atoms with Crippen molar-refractivity contribution < 1.29 is 38.1 Å². The van der Waals surface area contributed by atoms with Crippen molar-refractivity contribution in [3.63, 3.8) is 0 Å². The van der Waals surface area contributed by atoms with Gasteiger partial charge in [0.25, 0.3) is 0 Å². The molecule has 0 saturated carbocycles. The molecule has 2 aromatic carbocycles. The summed E-state index contributed by atoms with van der Waals surface area (Å²) in [6, 6.07) is 1.75. The fraction of sp³-hybridized carbons (Fsp3) is 0.538. The molecule has 1 unspecified atom stereocenters. The Kier molecular flexibility index (Phi) is 11.9. The van der Waals surface area contributed by atoms with Crippen molar-refractivity contribution >= 4 is 40.7 Å². The largest absolute Gasteiger partial charge is 0.493 e. The molecule has 1 atom stereocenters. The van der Waals surface area contributed by atoms with Crippen molar-refractivity contribution in [3.8, 4) is 11.5 Å². The second kappa shape index (κ2) is 15.2. The van der Waals surface area contributed by atoms with Crippen LogP contribution >= 0.6 is 0 Å². The Morgan fingerprint density at radius 3 is 1.67 bits per heavy atom. The second-order valence-electron chi connectivity index (χ2n) is 15.8. The van der Waals surface area contributed by atoms with Gasteiger partial charge in [-0.3, -0.25) is 4.79 Å². The van der Waals surface area contributed by atoms with Crippen LogP contribution in [0.3, 0.4) is 0 Å². The van der Waals surface area contributed by atoms with Crippen LogP contribution in [0, 0.1) is 13.8 Å². The van der Waals surface area contributed by atoms with E-state index in [9.17, 15) is 19.2 Å². The van der Waals surface area contributed by atoms with E-state index in [1.165, 1.54) is 0 Å². The number of allylic oxidation sites excluding steroid dienone is 2. The first-order valence-electron chi connectivity index (χ1n) is 17.5. The SMILES string of the molecule is CCc1c(C)c2c(c(OCC[Si](C)(C)C)c1CC(=C(C)C=O)C(C=O)c1c(CC)c(C)c3c(c1OCC[Si](C)(C)C)C(=O)OC3)C(=O)OC2. The van der Waals surface area contributed by atoms with Crippen LogP contribution in [0.4, 0.5) is 0 Å². The lowest BCUT2D eigenvalue weighted by molar-refractivity contribution is -0.108. The highest BCUT2D eigenvalue weighted by atomic mass is 28.3. The Labute approximate surface area is 294 Å². The first kappa shape index (κ1) is 38.3. The summed E-state index contributed by atoms with van der Waals surface area (Å²) in [4.78, 5) is 52.7. The van der Waals surface area contributed by atoms with E-state index in [1.54, 1.807) is 6.92 Å². The summed E-state index contributed by atoms with van der Waals surface area (Å²) in [5, 5.41) is 0. The second-order valence-corrected chi connectivity index (χ2v) is 27.0. The number of hydrogen-bond acceptors (Lipinski definition) is 8. The fourth-order valence-corrected chi connectivity index (χ4v) is 8.41. The topological polar surface area (TPSA) is 105 Å². The van der Waals surface area contributed by atoms with E-state index in [0.29, 0.717) is 65.4 Å². The van der Waals surface area contributed by atoms with Gasteiger partial charge in [-0.2, -0.15) is 0 Å². The van der Waals surface area contributed by atoms with Gasteiger partial charge >= 0.3 is 11.9 Å². The Morgan fingerprint density at radius 1 is 0.755 bits per heavy atom. The summed E-state index contributed by atoms with van der Waals surface area (Å²) < 4.78 is 24.2. The molecule has 266 valence electrons. The zero-order valence-electron chi connectivity index (χ0n) is 31.4. The van der Waals surface area contributed by atoms with Gasteiger partial charge in [0.05, 0.1) is 19.1 Å². The zero-order chi connectivity index (χ0) is 36.4. The number of rotatable bonds is 16. The van der Waals surface area contributed by atoms with Gasteiger partial charge in [-0.15, -0.1) is 0 Å². The number of cyclic esters (lactones) is 2. The molecule has 4 rings (SSSR count). The van der Waals surface area contributed by atoms with E-state index in [2.05, 4.69) is 46.2 Å². The number of fused-ring (bicyclic) bond motifs is 2. The third-order valence-corrected chi connectivity index (χ3v) is 13.4. The smallest absolute Gasteiger partial charge is 0.342 e. The van der Waals surface area contributed by atoms with Crippen molar-refractivity contribution in [2.45, 2.75) is 124 Å². The van der Waals surface area contributed by atoms with Crippen molar-refractivity contribution in [1.29, 1.82) is 0 Å². The lowest BCUT2D eigenvalue weighted by atomic mass is 9.77. The van der Waals surface area contributed by atoms with E-state index in [1.807, 2.05) is 20.8 Å². The van der Waals surface area contributed by atoms with Crippen LogP contribution in [-0.4, -0.2) is 53.9 Å². The first-order valence-corrected chi connectivity index (χ1v) is 25.0. The molecule has 2 aromatic rings. The maximum atomic E-state index is 13.5. The number of esters is 2. The Bertz CT molecular complexity index is 1690. The molecule has 0 amide bonds. The monoisotopic (exact) mass is 706 g/mol. The summed E-state index contributed by atoms with van der Waals surface area (Å²) in [5.74, 6) is -0.933. The van der Waals surface area contributed by atoms with Gasteiger partial charge in [-0.25, -0.2) is 9.59 Å². The summed E-state index contributed by atoms with van der Waals surface area (Å²) in [6.45, 7) is 24.5. The lowest BCUT2D eigenvalue weighted by Crippen LogP contribution is -2.24. The number of carbonyl (C=O) groups excluding carboxylic acids is 4. The van der Waals surface area contributed by atoms with E-state index < -0.39 is 34.0 Å². The molecule has 10 heteroatoms. The van der Waals surface area contributed by atoms with E-state index in [4.69, 9.17) is 18.9 Å². The van der Waals surface area contributed by atoms with Gasteiger partial charge in [0.1, 0.15) is 48.4 Å². The van der Waals surface area contributed by atoms with Crippen LogP contribution in [0.2, 0.25) is 51.4 Å². The zero-order valence-corrected chi connectivity index (χ0v) is 33.4. The summed E-state index contributed by atoms with van der Waals surface area (Å²) in [5.41, 5.74) is 8.58. The average Bonchev–Trinajstić information content (AvgIpc) is 3.61. The van der Waals surface area contributed by atoms with E-state index in [-0.39, 0.29) is 19.6 Å².